The predicted molar refractivity (Wildman–Crippen MR) is 92.2 cm³/mol. The second kappa shape index (κ2) is 10.1. The number of esters is 2. The van der Waals surface area contributed by atoms with Gasteiger partial charge in [-0.25, -0.2) is 0 Å². The molecular formula is C20H28O4. The van der Waals surface area contributed by atoms with Crippen molar-refractivity contribution in [3.05, 3.63) is 35.9 Å². The molecule has 0 heterocycles. The Morgan fingerprint density at radius 2 is 1.58 bits per heavy atom. The van der Waals surface area contributed by atoms with Gasteiger partial charge in [-0.1, -0.05) is 62.9 Å². The van der Waals surface area contributed by atoms with E-state index in [1.165, 1.54) is 0 Å². The SMILES string of the molecule is CCCCCOC(=O)C1CCCCC1C(=O)OCc1ccccc1. The van der Waals surface area contributed by atoms with Gasteiger partial charge in [-0.15, -0.1) is 0 Å². The smallest absolute Gasteiger partial charge is 0.310 e. The van der Waals surface area contributed by atoms with Crippen molar-refractivity contribution < 1.29 is 19.1 Å². The molecule has 1 aromatic carbocycles. The molecule has 0 spiro atoms. The van der Waals surface area contributed by atoms with E-state index in [1.807, 2.05) is 30.3 Å². The van der Waals surface area contributed by atoms with Crippen LogP contribution in [0.4, 0.5) is 0 Å². The molecule has 24 heavy (non-hydrogen) atoms. The van der Waals surface area contributed by atoms with Gasteiger partial charge in [-0.3, -0.25) is 9.59 Å². The molecule has 1 saturated carbocycles. The average molecular weight is 332 g/mol. The number of carbonyl (C=O) groups is 2. The molecular weight excluding hydrogens is 304 g/mol. The maximum Gasteiger partial charge on any atom is 0.310 e. The third kappa shape index (κ3) is 5.66. The van der Waals surface area contributed by atoms with Crippen molar-refractivity contribution in [3.63, 3.8) is 0 Å². The second-order valence-corrected chi connectivity index (χ2v) is 6.47. The van der Waals surface area contributed by atoms with Crippen LogP contribution in [0.25, 0.3) is 0 Å². The zero-order valence-electron chi connectivity index (χ0n) is 14.5. The molecule has 2 unspecified atom stereocenters. The van der Waals surface area contributed by atoms with Gasteiger partial charge >= 0.3 is 11.9 Å². The van der Waals surface area contributed by atoms with E-state index in [0.717, 1.165) is 44.1 Å². The van der Waals surface area contributed by atoms with Gasteiger partial charge in [-0.2, -0.15) is 0 Å². The van der Waals surface area contributed by atoms with Gasteiger partial charge in [0.15, 0.2) is 0 Å². The predicted octanol–water partition coefficient (Wildman–Crippen LogP) is 4.27. The second-order valence-electron chi connectivity index (χ2n) is 6.47. The standard InChI is InChI=1S/C20H28O4/c1-2-3-9-14-23-19(21)17-12-7-8-13-18(17)20(22)24-15-16-10-5-4-6-11-16/h4-6,10-11,17-18H,2-3,7-9,12-15H2,1H3. The van der Waals surface area contributed by atoms with Crippen LogP contribution < -0.4 is 0 Å². The number of unbranched alkanes of at least 4 members (excludes halogenated alkanes) is 2. The van der Waals surface area contributed by atoms with Crippen LogP contribution in [0.15, 0.2) is 30.3 Å². The Labute approximate surface area is 144 Å². The fourth-order valence-electron chi connectivity index (χ4n) is 3.16. The zero-order valence-corrected chi connectivity index (χ0v) is 14.5. The van der Waals surface area contributed by atoms with Crippen LogP contribution in [0.5, 0.6) is 0 Å². The Hall–Kier alpha value is -1.84. The highest BCUT2D eigenvalue weighted by molar-refractivity contribution is 5.82. The minimum atomic E-state index is -0.360. The van der Waals surface area contributed by atoms with E-state index in [1.54, 1.807) is 0 Å². The highest BCUT2D eigenvalue weighted by Crippen LogP contribution is 2.32. The lowest BCUT2D eigenvalue weighted by molar-refractivity contribution is -0.163. The quantitative estimate of drug-likeness (QED) is 0.527. The van der Waals surface area contributed by atoms with Crippen LogP contribution in [0.1, 0.15) is 57.4 Å². The summed E-state index contributed by atoms with van der Waals surface area (Å²) in [7, 11) is 0. The van der Waals surface area contributed by atoms with Crippen molar-refractivity contribution in [2.24, 2.45) is 11.8 Å². The molecule has 0 amide bonds. The molecule has 2 rings (SSSR count). The third-order valence-electron chi connectivity index (χ3n) is 4.59. The highest BCUT2D eigenvalue weighted by Gasteiger charge is 2.37. The van der Waals surface area contributed by atoms with Crippen LogP contribution in [0.2, 0.25) is 0 Å². The lowest BCUT2D eigenvalue weighted by Crippen LogP contribution is -2.35. The van der Waals surface area contributed by atoms with E-state index in [2.05, 4.69) is 6.92 Å². The summed E-state index contributed by atoms with van der Waals surface area (Å²) < 4.78 is 10.8. The van der Waals surface area contributed by atoms with Gasteiger partial charge in [-0.05, 0) is 24.8 Å². The minimum absolute atomic E-state index is 0.229. The Morgan fingerprint density at radius 3 is 2.21 bits per heavy atom. The maximum absolute atomic E-state index is 12.4. The molecule has 1 fully saturated rings. The highest BCUT2D eigenvalue weighted by atomic mass is 16.5. The molecule has 2 atom stereocenters. The van der Waals surface area contributed by atoms with Gasteiger partial charge in [0.2, 0.25) is 0 Å². The van der Waals surface area contributed by atoms with Crippen molar-refractivity contribution >= 4 is 11.9 Å². The van der Waals surface area contributed by atoms with E-state index in [-0.39, 0.29) is 30.4 Å². The number of hydrogen-bond acceptors (Lipinski definition) is 4. The molecule has 4 heteroatoms. The Balaban J connectivity index is 1.85. The van der Waals surface area contributed by atoms with Crippen LogP contribution in [0, 0.1) is 11.8 Å². The van der Waals surface area contributed by atoms with Crippen LogP contribution >= 0.6 is 0 Å². The molecule has 0 saturated heterocycles. The van der Waals surface area contributed by atoms with E-state index >= 15 is 0 Å². The number of carbonyl (C=O) groups excluding carboxylic acids is 2. The monoisotopic (exact) mass is 332 g/mol. The topological polar surface area (TPSA) is 52.6 Å². The number of benzene rings is 1. The summed E-state index contributed by atoms with van der Waals surface area (Å²) in [6.07, 6.45) is 6.40. The van der Waals surface area contributed by atoms with E-state index < -0.39 is 0 Å². The molecule has 1 aliphatic carbocycles. The summed E-state index contributed by atoms with van der Waals surface area (Å²) >= 11 is 0. The summed E-state index contributed by atoms with van der Waals surface area (Å²) in [5.74, 6) is -1.20. The fraction of sp³-hybridized carbons (Fsp3) is 0.600. The van der Waals surface area contributed by atoms with Crippen molar-refractivity contribution in [2.75, 3.05) is 6.61 Å². The van der Waals surface area contributed by atoms with Crippen molar-refractivity contribution in [2.45, 2.75) is 58.5 Å². The summed E-state index contributed by atoms with van der Waals surface area (Å²) in [6, 6.07) is 9.61. The lowest BCUT2D eigenvalue weighted by atomic mass is 9.79. The van der Waals surface area contributed by atoms with Gasteiger partial charge in [0.1, 0.15) is 6.61 Å². The molecule has 0 radical (unpaired) electrons. The Bertz CT molecular complexity index is 512. The molecule has 0 aliphatic heterocycles. The summed E-state index contributed by atoms with van der Waals surface area (Å²) in [5, 5.41) is 0. The molecule has 1 aromatic rings. The fourth-order valence-corrected chi connectivity index (χ4v) is 3.16. The van der Waals surface area contributed by atoms with Crippen LogP contribution in [0.3, 0.4) is 0 Å². The largest absolute Gasteiger partial charge is 0.465 e. The molecule has 0 bridgehead atoms. The van der Waals surface area contributed by atoms with Crippen molar-refractivity contribution in [1.82, 2.24) is 0 Å². The van der Waals surface area contributed by atoms with Crippen LogP contribution in [-0.4, -0.2) is 18.5 Å². The summed E-state index contributed by atoms with van der Waals surface area (Å²) in [5.41, 5.74) is 0.959. The first kappa shape index (κ1) is 18.5. The van der Waals surface area contributed by atoms with Gasteiger partial charge < -0.3 is 9.47 Å². The maximum atomic E-state index is 12.4. The molecule has 4 nitrogen and oxygen atoms in total. The third-order valence-corrected chi connectivity index (χ3v) is 4.59. The van der Waals surface area contributed by atoms with Gasteiger partial charge in [0, 0.05) is 0 Å². The Kier molecular flexibility index (Phi) is 7.80. The minimum Gasteiger partial charge on any atom is -0.465 e. The molecule has 1 aliphatic rings. The van der Waals surface area contributed by atoms with Crippen LogP contribution in [-0.2, 0) is 25.7 Å². The van der Waals surface area contributed by atoms with Crippen molar-refractivity contribution in [1.29, 1.82) is 0 Å². The summed E-state index contributed by atoms with van der Waals surface area (Å²) in [6.45, 7) is 2.82. The van der Waals surface area contributed by atoms with Gasteiger partial charge in [0.05, 0.1) is 18.4 Å². The van der Waals surface area contributed by atoms with E-state index in [9.17, 15) is 9.59 Å². The first-order chi connectivity index (χ1) is 11.7. The molecule has 0 aromatic heterocycles. The van der Waals surface area contributed by atoms with E-state index in [4.69, 9.17) is 9.47 Å². The number of hydrogen-bond donors (Lipinski definition) is 0. The summed E-state index contributed by atoms with van der Waals surface area (Å²) in [4.78, 5) is 24.8. The molecule has 0 N–H and O–H groups in total. The molecule has 132 valence electrons. The lowest BCUT2D eigenvalue weighted by Gasteiger charge is -2.28. The van der Waals surface area contributed by atoms with Crippen molar-refractivity contribution in [3.8, 4) is 0 Å². The number of rotatable bonds is 8. The first-order valence-corrected chi connectivity index (χ1v) is 9.09. The average Bonchev–Trinajstić information content (AvgIpc) is 2.64. The first-order valence-electron chi connectivity index (χ1n) is 9.09. The van der Waals surface area contributed by atoms with E-state index in [0.29, 0.717) is 13.0 Å². The number of ether oxygens (including phenoxy) is 2. The zero-order chi connectivity index (χ0) is 17.2. The Morgan fingerprint density at radius 1 is 0.958 bits per heavy atom. The van der Waals surface area contributed by atoms with Gasteiger partial charge in [0.25, 0.3) is 0 Å². The normalized spacial score (nSPS) is 20.4.